The maximum Gasteiger partial charge on any atom is 0.144 e. The Morgan fingerprint density at radius 3 is 1.64 bits per heavy atom. The van der Waals surface area contributed by atoms with Gasteiger partial charge in [-0.25, -0.2) is 0 Å². The van der Waals surface area contributed by atoms with Gasteiger partial charge in [-0.3, -0.25) is 4.79 Å². The van der Waals surface area contributed by atoms with Gasteiger partial charge < -0.3 is 4.90 Å². The molecule has 0 bridgehead atoms. The van der Waals surface area contributed by atoms with E-state index in [1.807, 2.05) is 50.5 Å². The van der Waals surface area contributed by atoms with Gasteiger partial charge in [0.1, 0.15) is 5.78 Å². The first-order valence-corrected chi connectivity index (χ1v) is 7.34. The molecule has 0 spiro atoms. The van der Waals surface area contributed by atoms with Gasteiger partial charge in [-0.1, -0.05) is 60.7 Å². The molecular weight excluding hydrogens is 294 g/mol. The van der Waals surface area contributed by atoms with Crippen molar-refractivity contribution in [2.45, 2.75) is 18.8 Å². The van der Waals surface area contributed by atoms with Crippen molar-refractivity contribution in [3.8, 4) is 0 Å². The number of benzene rings is 2. The summed E-state index contributed by atoms with van der Waals surface area (Å²) in [5, 5.41) is 0. The molecular formula is C19H24ClNO. The Morgan fingerprint density at radius 1 is 0.909 bits per heavy atom. The predicted octanol–water partition coefficient (Wildman–Crippen LogP) is 3.94. The molecule has 2 aromatic carbocycles. The van der Waals surface area contributed by atoms with Crippen LogP contribution in [-0.2, 0) is 10.2 Å². The third-order valence-corrected chi connectivity index (χ3v) is 4.07. The van der Waals surface area contributed by atoms with Crippen molar-refractivity contribution in [3.05, 3.63) is 71.8 Å². The van der Waals surface area contributed by atoms with Crippen molar-refractivity contribution < 1.29 is 4.79 Å². The fraction of sp³-hybridized carbons (Fsp3) is 0.316. The van der Waals surface area contributed by atoms with E-state index in [1.165, 1.54) is 0 Å². The average molecular weight is 318 g/mol. The van der Waals surface area contributed by atoms with Gasteiger partial charge >= 0.3 is 0 Å². The predicted molar refractivity (Wildman–Crippen MR) is 94.8 cm³/mol. The Bertz CT molecular complexity index is 541. The molecule has 22 heavy (non-hydrogen) atoms. The molecule has 0 unspecified atom stereocenters. The minimum atomic E-state index is -0.563. The number of Topliss-reactive ketones (excluding diaryl/α,β-unsaturated/α-hetero) is 1. The molecule has 3 heteroatoms. The molecule has 0 radical (unpaired) electrons. The monoisotopic (exact) mass is 317 g/mol. The topological polar surface area (TPSA) is 20.3 Å². The van der Waals surface area contributed by atoms with E-state index in [2.05, 4.69) is 29.2 Å². The number of nitrogens with zero attached hydrogens (tertiary/aromatic N) is 1. The fourth-order valence-electron chi connectivity index (χ4n) is 2.87. The Hall–Kier alpha value is -1.64. The molecule has 0 heterocycles. The fourth-order valence-corrected chi connectivity index (χ4v) is 2.87. The zero-order valence-electron chi connectivity index (χ0n) is 13.5. The van der Waals surface area contributed by atoms with Crippen LogP contribution >= 0.6 is 12.4 Å². The van der Waals surface area contributed by atoms with E-state index in [9.17, 15) is 4.79 Å². The molecule has 2 nitrogen and oxygen atoms in total. The molecule has 0 saturated carbocycles. The van der Waals surface area contributed by atoms with Crippen LogP contribution in [0.1, 0.15) is 24.5 Å². The van der Waals surface area contributed by atoms with Gasteiger partial charge in [-0.2, -0.15) is 0 Å². The van der Waals surface area contributed by atoms with Gasteiger partial charge in [0.2, 0.25) is 0 Å². The lowest BCUT2D eigenvalue weighted by atomic mass is 9.69. The van der Waals surface area contributed by atoms with Crippen LogP contribution in [0.15, 0.2) is 60.7 Å². The van der Waals surface area contributed by atoms with Crippen molar-refractivity contribution in [2.75, 3.05) is 20.6 Å². The van der Waals surface area contributed by atoms with E-state index in [-0.39, 0.29) is 18.2 Å². The van der Waals surface area contributed by atoms with Crippen LogP contribution in [0.25, 0.3) is 0 Å². The van der Waals surface area contributed by atoms with Crippen molar-refractivity contribution in [1.82, 2.24) is 4.90 Å². The summed E-state index contributed by atoms with van der Waals surface area (Å²) in [6.07, 6.45) is 0.781. The minimum Gasteiger partial charge on any atom is -0.309 e. The molecule has 2 rings (SSSR count). The lowest BCUT2D eigenvalue weighted by Gasteiger charge is -2.33. The molecule has 0 saturated heterocycles. The molecule has 0 atom stereocenters. The minimum absolute atomic E-state index is 0. The van der Waals surface area contributed by atoms with Crippen molar-refractivity contribution in [1.29, 1.82) is 0 Å². The first-order chi connectivity index (χ1) is 10.1. The molecule has 0 aromatic heterocycles. The SMILES string of the molecule is CC(=O)C(CCN(C)C)(c1ccccc1)c1ccccc1.Cl. The average Bonchev–Trinajstić information content (AvgIpc) is 2.49. The summed E-state index contributed by atoms with van der Waals surface area (Å²) in [6.45, 7) is 2.57. The van der Waals surface area contributed by atoms with Gasteiger partial charge in [0.15, 0.2) is 0 Å². The highest BCUT2D eigenvalue weighted by atomic mass is 35.5. The number of halogens is 1. The third-order valence-electron chi connectivity index (χ3n) is 4.07. The molecule has 0 fully saturated rings. The highest BCUT2D eigenvalue weighted by Gasteiger charge is 2.38. The number of carbonyl (C=O) groups excluding carboxylic acids is 1. The van der Waals surface area contributed by atoms with Crippen LogP contribution in [0.3, 0.4) is 0 Å². The van der Waals surface area contributed by atoms with E-state index < -0.39 is 5.41 Å². The Kier molecular flexibility index (Phi) is 6.79. The summed E-state index contributed by atoms with van der Waals surface area (Å²) < 4.78 is 0. The molecule has 0 N–H and O–H groups in total. The van der Waals surface area contributed by atoms with Crippen LogP contribution in [0, 0.1) is 0 Å². The molecule has 2 aromatic rings. The summed E-state index contributed by atoms with van der Waals surface area (Å²) in [4.78, 5) is 14.8. The summed E-state index contributed by atoms with van der Waals surface area (Å²) >= 11 is 0. The quantitative estimate of drug-likeness (QED) is 0.804. The zero-order chi connectivity index (χ0) is 15.3. The second-order valence-corrected chi connectivity index (χ2v) is 5.75. The van der Waals surface area contributed by atoms with Gasteiger partial charge in [-0.05, 0) is 45.1 Å². The summed E-state index contributed by atoms with van der Waals surface area (Å²) in [6, 6.07) is 20.2. The zero-order valence-corrected chi connectivity index (χ0v) is 14.3. The third kappa shape index (κ3) is 3.76. The normalized spacial score (nSPS) is 11.1. The summed E-state index contributed by atoms with van der Waals surface area (Å²) in [5.41, 5.74) is 1.59. The van der Waals surface area contributed by atoms with Gasteiger partial charge in [0.05, 0.1) is 5.41 Å². The van der Waals surface area contributed by atoms with Gasteiger partial charge in [0.25, 0.3) is 0 Å². The second kappa shape index (κ2) is 8.11. The lowest BCUT2D eigenvalue weighted by molar-refractivity contribution is -0.121. The number of ketones is 1. The molecule has 118 valence electrons. The highest BCUT2D eigenvalue weighted by molar-refractivity contribution is 5.92. The highest BCUT2D eigenvalue weighted by Crippen LogP contribution is 2.36. The first-order valence-electron chi connectivity index (χ1n) is 7.34. The molecule has 0 aliphatic rings. The summed E-state index contributed by atoms with van der Waals surface area (Å²) in [5.74, 6) is 0.196. The van der Waals surface area contributed by atoms with Crippen LogP contribution < -0.4 is 0 Å². The van der Waals surface area contributed by atoms with Crippen LogP contribution in [-0.4, -0.2) is 31.3 Å². The standard InChI is InChI=1S/C19H23NO.ClH/c1-16(21)19(14-15-20(2)3,17-10-6-4-7-11-17)18-12-8-5-9-13-18;/h4-13H,14-15H2,1-3H3;1H. The van der Waals surface area contributed by atoms with E-state index in [0.29, 0.717) is 0 Å². The van der Waals surface area contributed by atoms with Crippen molar-refractivity contribution >= 4 is 18.2 Å². The van der Waals surface area contributed by atoms with Crippen molar-refractivity contribution in [2.24, 2.45) is 0 Å². The Balaban J connectivity index is 0.00000242. The van der Waals surface area contributed by atoms with E-state index in [1.54, 1.807) is 6.92 Å². The number of carbonyl (C=O) groups is 1. The summed E-state index contributed by atoms with van der Waals surface area (Å²) in [7, 11) is 4.09. The molecule has 0 aliphatic heterocycles. The van der Waals surface area contributed by atoms with Crippen LogP contribution in [0.5, 0.6) is 0 Å². The molecule has 0 amide bonds. The van der Waals surface area contributed by atoms with Gasteiger partial charge in [0, 0.05) is 0 Å². The van der Waals surface area contributed by atoms with Crippen LogP contribution in [0.2, 0.25) is 0 Å². The number of hydrogen-bond acceptors (Lipinski definition) is 2. The first kappa shape index (κ1) is 18.4. The number of hydrogen-bond donors (Lipinski definition) is 0. The largest absolute Gasteiger partial charge is 0.309 e. The Labute approximate surface area is 139 Å². The molecule has 0 aliphatic carbocycles. The number of rotatable bonds is 6. The van der Waals surface area contributed by atoms with Crippen molar-refractivity contribution in [3.63, 3.8) is 0 Å². The van der Waals surface area contributed by atoms with E-state index in [0.717, 1.165) is 24.1 Å². The lowest BCUT2D eigenvalue weighted by Crippen LogP contribution is -2.38. The van der Waals surface area contributed by atoms with Crippen LogP contribution in [0.4, 0.5) is 0 Å². The van der Waals surface area contributed by atoms with Gasteiger partial charge in [-0.15, -0.1) is 12.4 Å². The van der Waals surface area contributed by atoms with E-state index in [4.69, 9.17) is 0 Å². The second-order valence-electron chi connectivity index (χ2n) is 5.75. The van der Waals surface area contributed by atoms with E-state index >= 15 is 0 Å². The maximum absolute atomic E-state index is 12.7. The smallest absolute Gasteiger partial charge is 0.144 e. The maximum atomic E-state index is 12.7. The Morgan fingerprint density at radius 2 is 1.32 bits per heavy atom.